The summed E-state index contributed by atoms with van der Waals surface area (Å²) in [6, 6.07) is 5.92. The van der Waals surface area contributed by atoms with Gasteiger partial charge in [0.05, 0.1) is 17.5 Å². The second kappa shape index (κ2) is 4.93. The number of nitrogens with one attached hydrogen (secondary N) is 1. The number of rotatable bonds is 2. The first-order chi connectivity index (χ1) is 7.65. The van der Waals surface area contributed by atoms with Crippen molar-refractivity contribution in [1.29, 1.82) is 0 Å². The third-order valence-electron chi connectivity index (χ3n) is 2.86. The maximum atomic E-state index is 5.94. The van der Waals surface area contributed by atoms with Crippen LogP contribution in [0.1, 0.15) is 19.8 Å². The average molecular weight is 241 g/mol. The number of hydrogen-bond acceptors (Lipinski definition) is 3. The summed E-state index contributed by atoms with van der Waals surface area (Å²) < 4.78 is 5.50. The lowest BCUT2D eigenvalue weighted by atomic mass is 10.0. The molecular weight excluding hydrogens is 224 g/mol. The standard InChI is InChI=1S/C12H17ClN2O/c1-8-6-10(4-5-16-8)15-12-7-9(13)2-3-11(12)14/h2-3,7-8,10,15H,4-6,14H2,1H3. The monoisotopic (exact) mass is 240 g/mol. The van der Waals surface area contributed by atoms with Crippen molar-refractivity contribution in [2.45, 2.75) is 31.9 Å². The predicted octanol–water partition coefficient (Wildman–Crippen LogP) is 2.90. The summed E-state index contributed by atoms with van der Waals surface area (Å²) in [5.74, 6) is 0. The van der Waals surface area contributed by atoms with Crippen molar-refractivity contribution in [1.82, 2.24) is 0 Å². The molecule has 0 aliphatic carbocycles. The van der Waals surface area contributed by atoms with E-state index in [-0.39, 0.29) is 0 Å². The predicted molar refractivity (Wildman–Crippen MR) is 67.9 cm³/mol. The molecule has 3 N–H and O–H groups in total. The van der Waals surface area contributed by atoms with Crippen LogP contribution >= 0.6 is 11.6 Å². The van der Waals surface area contributed by atoms with Gasteiger partial charge in [-0.3, -0.25) is 0 Å². The molecule has 2 unspecified atom stereocenters. The molecule has 0 bridgehead atoms. The van der Waals surface area contributed by atoms with E-state index in [1.165, 1.54) is 0 Å². The highest BCUT2D eigenvalue weighted by Gasteiger charge is 2.19. The van der Waals surface area contributed by atoms with Gasteiger partial charge in [0.2, 0.25) is 0 Å². The van der Waals surface area contributed by atoms with Crippen molar-refractivity contribution >= 4 is 23.0 Å². The number of benzene rings is 1. The number of halogens is 1. The smallest absolute Gasteiger partial charge is 0.0591 e. The molecule has 2 atom stereocenters. The Balaban J connectivity index is 2.05. The molecule has 1 heterocycles. The van der Waals surface area contributed by atoms with Crippen molar-refractivity contribution in [2.24, 2.45) is 0 Å². The van der Waals surface area contributed by atoms with Crippen LogP contribution in [0.4, 0.5) is 11.4 Å². The van der Waals surface area contributed by atoms with E-state index in [9.17, 15) is 0 Å². The van der Waals surface area contributed by atoms with Crippen molar-refractivity contribution in [3.05, 3.63) is 23.2 Å². The summed E-state index contributed by atoms with van der Waals surface area (Å²) in [5.41, 5.74) is 7.55. The molecular formula is C12H17ClN2O. The molecule has 4 heteroatoms. The molecule has 1 aliphatic rings. The molecule has 1 aromatic rings. The zero-order valence-corrected chi connectivity index (χ0v) is 10.1. The molecule has 0 amide bonds. The molecule has 1 saturated heterocycles. The van der Waals surface area contributed by atoms with Gasteiger partial charge in [0.25, 0.3) is 0 Å². The molecule has 0 saturated carbocycles. The Bertz CT molecular complexity index is 370. The topological polar surface area (TPSA) is 47.3 Å². The number of anilines is 2. The fourth-order valence-electron chi connectivity index (χ4n) is 2.00. The Morgan fingerprint density at radius 1 is 1.50 bits per heavy atom. The summed E-state index contributed by atoms with van der Waals surface area (Å²) in [7, 11) is 0. The number of nitrogens with two attached hydrogens (primary N) is 1. The lowest BCUT2D eigenvalue weighted by Gasteiger charge is -2.29. The molecule has 1 fully saturated rings. The van der Waals surface area contributed by atoms with Crippen LogP contribution in [0.25, 0.3) is 0 Å². The first-order valence-corrected chi connectivity index (χ1v) is 5.96. The van der Waals surface area contributed by atoms with E-state index < -0.39 is 0 Å². The van der Waals surface area contributed by atoms with Gasteiger partial charge in [-0.15, -0.1) is 0 Å². The van der Waals surface area contributed by atoms with Gasteiger partial charge in [-0.1, -0.05) is 11.6 Å². The van der Waals surface area contributed by atoms with Gasteiger partial charge in [0, 0.05) is 17.7 Å². The Hall–Kier alpha value is -0.930. The lowest BCUT2D eigenvalue weighted by molar-refractivity contribution is 0.0232. The quantitative estimate of drug-likeness (QED) is 0.782. The molecule has 1 aromatic carbocycles. The lowest BCUT2D eigenvalue weighted by Crippen LogP contribution is -2.32. The zero-order valence-electron chi connectivity index (χ0n) is 9.37. The van der Waals surface area contributed by atoms with Crippen LogP contribution in [0.2, 0.25) is 5.02 Å². The van der Waals surface area contributed by atoms with Gasteiger partial charge in [0.1, 0.15) is 0 Å². The van der Waals surface area contributed by atoms with E-state index >= 15 is 0 Å². The molecule has 2 rings (SSSR count). The van der Waals surface area contributed by atoms with E-state index in [0.717, 1.165) is 30.8 Å². The van der Waals surface area contributed by atoms with Crippen LogP contribution in [-0.2, 0) is 4.74 Å². The van der Waals surface area contributed by atoms with Crippen LogP contribution in [-0.4, -0.2) is 18.8 Å². The molecule has 16 heavy (non-hydrogen) atoms. The number of ether oxygens (including phenoxy) is 1. The van der Waals surface area contributed by atoms with E-state index in [0.29, 0.717) is 17.2 Å². The fraction of sp³-hybridized carbons (Fsp3) is 0.500. The average Bonchev–Trinajstić information content (AvgIpc) is 2.24. The van der Waals surface area contributed by atoms with Gasteiger partial charge in [-0.25, -0.2) is 0 Å². The van der Waals surface area contributed by atoms with E-state index in [2.05, 4.69) is 12.2 Å². The molecule has 3 nitrogen and oxygen atoms in total. The van der Waals surface area contributed by atoms with Crippen LogP contribution in [0.3, 0.4) is 0 Å². The Morgan fingerprint density at radius 2 is 2.31 bits per heavy atom. The van der Waals surface area contributed by atoms with Crippen molar-refractivity contribution in [2.75, 3.05) is 17.7 Å². The van der Waals surface area contributed by atoms with Crippen molar-refractivity contribution in [3.8, 4) is 0 Å². The van der Waals surface area contributed by atoms with Gasteiger partial charge < -0.3 is 15.8 Å². The van der Waals surface area contributed by atoms with Crippen LogP contribution in [0.5, 0.6) is 0 Å². The van der Waals surface area contributed by atoms with Gasteiger partial charge >= 0.3 is 0 Å². The highest BCUT2D eigenvalue weighted by molar-refractivity contribution is 6.31. The van der Waals surface area contributed by atoms with E-state index in [4.69, 9.17) is 22.1 Å². The van der Waals surface area contributed by atoms with Crippen LogP contribution < -0.4 is 11.1 Å². The largest absolute Gasteiger partial charge is 0.397 e. The summed E-state index contributed by atoms with van der Waals surface area (Å²) in [5, 5.41) is 4.14. The second-order valence-electron chi connectivity index (χ2n) is 4.28. The zero-order chi connectivity index (χ0) is 11.5. The van der Waals surface area contributed by atoms with Crippen molar-refractivity contribution < 1.29 is 4.74 Å². The van der Waals surface area contributed by atoms with Gasteiger partial charge in [-0.05, 0) is 38.0 Å². The van der Waals surface area contributed by atoms with Crippen LogP contribution in [0.15, 0.2) is 18.2 Å². The summed E-state index contributed by atoms with van der Waals surface area (Å²) in [6.07, 6.45) is 2.33. The summed E-state index contributed by atoms with van der Waals surface area (Å²) in [6.45, 7) is 2.90. The number of hydrogen-bond donors (Lipinski definition) is 2. The third-order valence-corrected chi connectivity index (χ3v) is 3.10. The normalized spacial score (nSPS) is 25.4. The number of nitrogen functional groups attached to an aromatic ring is 1. The molecule has 88 valence electrons. The second-order valence-corrected chi connectivity index (χ2v) is 4.72. The van der Waals surface area contributed by atoms with Crippen LogP contribution in [0, 0.1) is 0 Å². The van der Waals surface area contributed by atoms with E-state index in [1.54, 1.807) is 6.07 Å². The SMILES string of the molecule is CC1CC(Nc2cc(Cl)ccc2N)CCO1. The maximum absolute atomic E-state index is 5.94. The minimum Gasteiger partial charge on any atom is -0.397 e. The maximum Gasteiger partial charge on any atom is 0.0591 e. The molecule has 1 aliphatic heterocycles. The summed E-state index contributed by atoms with van der Waals surface area (Å²) in [4.78, 5) is 0. The van der Waals surface area contributed by atoms with Gasteiger partial charge in [-0.2, -0.15) is 0 Å². The highest BCUT2D eigenvalue weighted by Crippen LogP contribution is 2.26. The van der Waals surface area contributed by atoms with Gasteiger partial charge in [0.15, 0.2) is 0 Å². The third kappa shape index (κ3) is 2.80. The minimum absolute atomic E-state index is 0.312. The van der Waals surface area contributed by atoms with E-state index in [1.807, 2.05) is 12.1 Å². The summed E-state index contributed by atoms with van der Waals surface area (Å²) >= 11 is 5.94. The minimum atomic E-state index is 0.312. The Labute approximate surface area is 101 Å². The Kier molecular flexibility index (Phi) is 3.56. The molecule has 0 spiro atoms. The molecule has 0 radical (unpaired) electrons. The fourth-order valence-corrected chi connectivity index (χ4v) is 2.17. The Morgan fingerprint density at radius 3 is 3.06 bits per heavy atom. The first kappa shape index (κ1) is 11.6. The first-order valence-electron chi connectivity index (χ1n) is 5.58. The highest BCUT2D eigenvalue weighted by atomic mass is 35.5. The molecule has 0 aromatic heterocycles. The van der Waals surface area contributed by atoms with Crippen molar-refractivity contribution in [3.63, 3.8) is 0 Å².